The second kappa shape index (κ2) is 6.69. The zero-order valence-corrected chi connectivity index (χ0v) is 11.6. The number of halogens is 3. The number of H-pyrrole nitrogens is 1. The predicted molar refractivity (Wildman–Crippen MR) is 75.5 cm³/mol. The van der Waals surface area contributed by atoms with Gasteiger partial charge in [0.25, 0.3) is 0 Å². The van der Waals surface area contributed by atoms with Crippen LogP contribution in [0.3, 0.4) is 0 Å². The maximum atomic E-state index is 12.0. The fourth-order valence-electron chi connectivity index (χ4n) is 2.14. The van der Waals surface area contributed by atoms with E-state index >= 15 is 0 Å². The summed E-state index contributed by atoms with van der Waals surface area (Å²) in [6.07, 6.45) is -2.41. The first kappa shape index (κ1) is 16.2. The molecular weight excluding hydrogens is 299 g/mol. The Hall–Kier alpha value is -2.22. The lowest BCUT2D eigenvalue weighted by molar-refractivity contribution is -0.122. The monoisotopic (exact) mass is 315 g/mol. The number of aromatic amines is 1. The summed E-state index contributed by atoms with van der Waals surface area (Å²) < 4.78 is 36.1. The molecular formula is C14H16F3N3O2. The summed E-state index contributed by atoms with van der Waals surface area (Å²) in [4.78, 5) is 14.5. The summed E-state index contributed by atoms with van der Waals surface area (Å²) in [6.45, 7) is -1.79. The number of hydrogen-bond donors (Lipinski definition) is 4. The number of aromatic nitrogens is 1. The van der Waals surface area contributed by atoms with Crippen LogP contribution in [0.4, 0.5) is 18.0 Å². The first-order valence-corrected chi connectivity index (χ1v) is 6.66. The van der Waals surface area contributed by atoms with Crippen molar-refractivity contribution in [3.63, 3.8) is 0 Å². The lowest BCUT2D eigenvalue weighted by atomic mass is 10.1. The van der Waals surface area contributed by atoms with E-state index in [4.69, 9.17) is 0 Å². The molecule has 0 saturated carbocycles. The van der Waals surface area contributed by atoms with Crippen molar-refractivity contribution in [2.75, 3.05) is 13.2 Å². The largest absolute Gasteiger partial charge is 0.405 e. The molecule has 2 rings (SSSR count). The van der Waals surface area contributed by atoms with Gasteiger partial charge in [0.15, 0.2) is 0 Å². The van der Waals surface area contributed by atoms with Crippen LogP contribution in [0.25, 0.3) is 10.9 Å². The first-order chi connectivity index (χ1) is 10.4. The van der Waals surface area contributed by atoms with E-state index in [2.05, 4.69) is 10.3 Å². The molecule has 0 aliphatic rings. The molecule has 1 aromatic heterocycles. The van der Waals surface area contributed by atoms with E-state index in [-0.39, 0.29) is 6.61 Å². The summed E-state index contributed by atoms with van der Waals surface area (Å²) in [6, 6.07) is 5.87. The third-order valence-corrected chi connectivity index (χ3v) is 3.15. The van der Waals surface area contributed by atoms with Gasteiger partial charge in [0.05, 0.1) is 12.6 Å². The van der Waals surface area contributed by atoms with Gasteiger partial charge in [-0.25, -0.2) is 4.79 Å². The third-order valence-electron chi connectivity index (χ3n) is 3.15. The molecule has 22 heavy (non-hydrogen) atoms. The highest BCUT2D eigenvalue weighted by Gasteiger charge is 2.28. The Morgan fingerprint density at radius 1 is 1.32 bits per heavy atom. The van der Waals surface area contributed by atoms with Gasteiger partial charge in [0.1, 0.15) is 6.54 Å². The van der Waals surface area contributed by atoms with Crippen molar-refractivity contribution >= 4 is 16.9 Å². The summed E-state index contributed by atoms with van der Waals surface area (Å²) in [5, 5.41) is 14.3. The molecule has 4 N–H and O–H groups in total. The van der Waals surface area contributed by atoms with Crippen molar-refractivity contribution in [1.82, 2.24) is 15.6 Å². The number of aliphatic hydroxyl groups excluding tert-OH is 1. The molecule has 5 nitrogen and oxygen atoms in total. The summed E-state index contributed by atoms with van der Waals surface area (Å²) in [5.74, 6) is 0. The van der Waals surface area contributed by atoms with E-state index in [1.54, 1.807) is 11.5 Å². The zero-order chi connectivity index (χ0) is 16.2. The molecule has 0 aliphatic carbocycles. The molecule has 8 heteroatoms. The van der Waals surface area contributed by atoms with Gasteiger partial charge < -0.3 is 20.7 Å². The number of fused-ring (bicyclic) bond motifs is 1. The van der Waals surface area contributed by atoms with Crippen LogP contribution in [0.1, 0.15) is 5.56 Å². The molecule has 1 atom stereocenters. The van der Waals surface area contributed by atoms with Gasteiger partial charge in [0.2, 0.25) is 0 Å². The van der Waals surface area contributed by atoms with Crippen LogP contribution in [0.5, 0.6) is 0 Å². The molecule has 0 fully saturated rings. The number of urea groups is 1. The lowest BCUT2D eigenvalue weighted by Crippen LogP contribution is -2.47. The SMILES string of the molecule is O=C(NCC(F)(F)F)NC(CO)Cc1c[nH]c2ccccc12. The van der Waals surface area contributed by atoms with Gasteiger partial charge >= 0.3 is 12.2 Å². The Bertz CT molecular complexity index is 640. The lowest BCUT2D eigenvalue weighted by Gasteiger charge is -2.17. The number of benzene rings is 1. The van der Waals surface area contributed by atoms with Crippen molar-refractivity contribution in [2.24, 2.45) is 0 Å². The minimum Gasteiger partial charge on any atom is -0.394 e. The van der Waals surface area contributed by atoms with Crippen LogP contribution in [-0.4, -0.2) is 41.5 Å². The molecule has 0 saturated heterocycles. The highest BCUT2D eigenvalue weighted by atomic mass is 19.4. The van der Waals surface area contributed by atoms with Gasteiger partial charge in [-0.15, -0.1) is 0 Å². The maximum absolute atomic E-state index is 12.0. The quantitative estimate of drug-likeness (QED) is 0.680. The number of hydrogen-bond acceptors (Lipinski definition) is 2. The van der Waals surface area contributed by atoms with E-state index in [1.807, 2.05) is 24.3 Å². The fraction of sp³-hybridized carbons (Fsp3) is 0.357. The van der Waals surface area contributed by atoms with E-state index in [0.29, 0.717) is 6.42 Å². The number of nitrogens with one attached hydrogen (secondary N) is 3. The predicted octanol–water partition coefficient (Wildman–Crippen LogP) is 1.93. The van der Waals surface area contributed by atoms with Gasteiger partial charge in [0, 0.05) is 17.1 Å². The smallest absolute Gasteiger partial charge is 0.394 e. The topological polar surface area (TPSA) is 77.2 Å². The summed E-state index contributed by atoms with van der Waals surface area (Å²) in [5.41, 5.74) is 1.78. The van der Waals surface area contributed by atoms with Crippen molar-refractivity contribution in [2.45, 2.75) is 18.6 Å². The maximum Gasteiger partial charge on any atom is 0.405 e. The Labute approximate surface area is 124 Å². The van der Waals surface area contributed by atoms with Crippen LogP contribution < -0.4 is 10.6 Å². The van der Waals surface area contributed by atoms with Crippen molar-refractivity contribution in [1.29, 1.82) is 0 Å². The van der Waals surface area contributed by atoms with E-state index < -0.39 is 24.8 Å². The number of rotatable bonds is 5. The molecule has 0 spiro atoms. The molecule has 1 aromatic carbocycles. The normalized spacial score (nSPS) is 13.1. The third kappa shape index (κ3) is 4.39. The average Bonchev–Trinajstić information content (AvgIpc) is 2.87. The van der Waals surface area contributed by atoms with Crippen LogP contribution in [-0.2, 0) is 6.42 Å². The molecule has 0 radical (unpaired) electrons. The molecule has 2 aromatic rings. The minimum atomic E-state index is -4.47. The number of aliphatic hydroxyl groups is 1. The number of alkyl halides is 3. The van der Waals surface area contributed by atoms with Crippen molar-refractivity contribution < 1.29 is 23.1 Å². The standard InChI is InChI=1S/C14H16F3N3O2/c15-14(16,17)8-19-13(22)20-10(7-21)5-9-6-18-12-4-2-1-3-11(9)12/h1-4,6,10,18,21H,5,7-8H2,(H2,19,20,22). The molecule has 2 amide bonds. The molecule has 120 valence electrons. The summed E-state index contributed by atoms with van der Waals surface area (Å²) >= 11 is 0. The van der Waals surface area contributed by atoms with E-state index in [9.17, 15) is 23.1 Å². The second-order valence-corrected chi connectivity index (χ2v) is 4.89. The van der Waals surface area contributed by atoms with E-state index in [0.717, 1.165) is 16.5 Å². The zero-order valence-electron chi connectivity index (χ0n) is 11.6. The fourth-order valence-corrected chi connectivity index (χ4v) is 2.14. The van der Waals surface area contributed by atoms with E-state index in [1.165, 1.54) is 0 Å². The highest BCUT2D eigenvalue weighted by molar-refractivity contribution is 5.83. The van der Waals surface area contributed by atoms with Crippen molar-refractivity contribution in [3.05, 3.63) is 36.0 Å². The van der Waals surface area contributed by atoms with Crippen LogP contribution in [0.2, 0.25) is 0 Å². The minimum absolute atomic E-state index is 0.306. The van der Waals surface area contributed by atoms with Gasteiger partial charge in [-0.3, -0.25) is 0 Å². The number of amides is 2. The van der Waals surface area contributed by atoms with Crippen LogP contribution >= 0.6 is 0 Å². The Kier molecular flexibility index (Phi) is 4.92. The molecule has 0 aliphatic heterocycles. The van der Waals surface area contributed by atoms with Gasteiger partial charge in [-0.05, 0) is 18.1 Å². The first-order valence-electron chi connectivity index (χ1n) is 6.66. The molecule has 1 heterocycles. The van der Waals surface area contributed by atoms with Crippen LogP contribution in [0.15, 0.2) is 30.5 Å². The number of carbonyl (C=O) groups is 1. The number of para-hydroxylation sites is 1. The second-order valence-electron chi connectivity index (χ2n) is 4.89. The Morgan fingerprint density at radius 2 is 2.05 bits per heavy atom. The summed E-state index contributed by atoms with van der Waals surface area (Å²) in [7, 11) is 0. The average molecular weight is 315 g/mol. The molecule has 0 bridgehead atoms. The molecule has 1 unspecified atom stereocenters. The Balaban J connectivity index is 1.96. The highest BCUT2D eigenvalue weighted by Crippen LogP contribution is 2.19. The van der Waals surface area contributed by atoms with Gasteiger partial charge in [-0.2, -0.15) is 13.2 Å². The number of carbonyl (C=O) groups excluding carboxylic acids is 1. The van der Waals surface area contributed by atoms with Gasteiger partial charge in [-0.1, -0.05) is 18.2 Å². The van der Waals surface area contributed by atoms with Crippen molar-refractivity contribution in [3.8, 4) is 0 Å². The Morgan fingerprint density at radius 3 is 2.73 bits per heavy atom. The van der Waals surface area contributed by atoms with Crippen LogP contribution in [0, 0.1) is 0 Å².